The molecule has 2 aromatic carbocycles. The predicted octanol–water partition coefficient (Wildman–Crippen LogP) is 3.82. The molecule has 0 aliphatic carbocycles. The molecule has 1 heterocycles. The number of fused-ring (bicyclic) bond motifs is 1. The lowest BCUT2D eigenvalue weighted by molar-refractivity contribution is -0.384. The first-order valence-corrected chi connectivity index (χ1v) is 6.87. The van der Waals surface area contributed by atoms with Gasteiger partial charge in [-0.1, -0.05) is 35.6 Å². The van der Waals surface area contributed by atoms with E-state index in [1.807, 2.05) is 30.3 Å². The third kappa shape index (κ3) is 2.60. The molecule has 0 atom stereocenters. The van der Waals surface area contributed by atoms with Gasteiger partial charge in [-0.15, -0.1) is 0 Å². The van der Waals surface area contributed by atoms with E-state index < -0.39 is 0 Å². The van der Waals surface area contributed by atoms with Crippen LogP contribution in [0.4, 0.5) is 10.8 Å². The van der Waals surface area contributed by atoms with E-state index in [0.717, 1.165) is 20.9 Å². The van der Waals surface area contributed by atoms with Gasteiger partial charge in [0.05, 0.1) is 15.1 Å². The molecule has 6 heteroatoms. The Balaban J connectivity index is 1.75. The highest BCUT2D eigenvalue weighted by molar-refractivity contribution is 7.22. The van der Waals surface area contributed by atoms with E-state index in [1.54, 1.807) is 23.5 Å². The number of thiazole rings is 1. The highest BCUT2D eigenvalue weighted by Gasteiger charge is 2.06. The van der Waals surface area contributed by atoms with Crippen molar-refractivity contribution in [3.63, 3.8) is 0 Å². The van der Waals surface area contributed by atoms with E-state index >= 15 is 0 Å². The maximum Gasteiger partial charge on any atom is 0.269 e. The molecule has 0 spiro atoms. The molecule has 20 heavy (non-hydrogen) atoms. The molecule has 3 rings (SSSR count). The topological polar surface area (TPSA) is 68.1 Å². The van der Waals surface area contributed by atoms with Crippen LogP contribution >= 0.6 is 11.3 Å². The summed E-state index contributed by atoms with van der Waals surface area (Å²) in [5.41, 5.74) is 1.92. The minimum absolute atomic E-state index is 0.105. The number of anilines is 1. The standard InChI is InChI=1S/C14H11N3O2S/c18-17(19)11-5-3-4-10(8-11)9-15-14-16-12-6-1-2-7-13(12)20-14/h1-8H,9H2,(H,15,16). The molecule has 100 valence electrons. The molecule has 1 aromatic heterocycles. The maximum atomic E-state index is 10.7. The minimum Gasteiger partial charge on any atom is -0.357 e. The van der Waals surface area contributed by atoms with Crippen molar-refractivity contribution in [2.75, 3.05) is 5.32 Å². The highest BCUT2D eigenvalue weighted by Crippen LogP contribution is 2.25. The van der Waals surface area contributed by atoms with Gasteiger partial charge < -0.3 is 5.32 Å². The summed E-state index contributed by atoms with van der Waals surface area (Å²) in [4.78, 5) is 14.8. The molecular weight excluding hydrogens is 274 g/mol. The lowest BCUT2D eigenvalue weighted by Gasteiger charge is -2.02. The molecule has 0 radical (unpaired) electrons. The van der Waals surface area contributed by atoms with Crippen LogP contribution in [0.1, 0.15) is 5.56 Å². The quantitative estimate of drug-likeness (QED) is 0.584. The molecule has 0 unspecified atom stereocenters. The van der Waals surface area contributed by atoms with Crippen LogP contribution in [-0.2, 0) is 6.54 Å². The van der Waals surface area contributed by atoms with Gasteiger partial charge in [-0.05, 0) is 17.7 Å². The van der Waals surface area contributed by atoms with Gasteiger partial charge in [0.25, 0.3) is 5.69 Å². The zero-order valence-electron chi connectivity index (χ0n) is 10.4. The van der Waals surface area contributed by atoms with Crippen molar-refractivity contribution in [3.8, 4) is 0 Å². The lowest BCUT2D eigenvalue weighted by Crippen LogP contribution is -1.99. The average Bonchev–Trinajstić information content (AvgIpc) is 2.88. The number of benzene rings is 2. The van der Waals surface area contributed by atoms with Crippen molar-refractivity contribution in [2.24, 2.45) is 0 Å². The first-order chi connectivity index (χ1) is 9.72. The van der Waals surface area contributed by atoms with Gasteiger partial charge in [-0.2, -0.15) is 0 Å². The van der Waals surface area contributed by atoms with E-state index in [9.17, 15) is 10.1 Å². The van der Waals surface area contributed by atoms with Crippen molar-refractivity contribution in [2.45, 2.75) is 6.54 Å². The van der Waals surface area contributed by atoms with Gasteiger partial charge in [0.2, 0.25) is 0 Å². The van der Waals surface area contributed by atoms with Crippen molar-refractivity contribution >= 4 is 32.4 Å². The number of aromatic nitrogens is 1. The third-order valence-corrected chi connectivity index (χ3v) is 3.85. The molecule has 5 nitrogen and oxygen atoms in total. The zero-order chi connectivity index (χ0) is 13.9. The summed E-state index contributed by atoms with van der Waals surface area (Å²) in [6, 6.07) is 14.5. The van der Waals surface area contributed by atoms with Crippen LogP contribution in [0.3, 0.4) is 0 Å². The number of nitrogens with zero attached hydrogens (tertiary/aromatic N) is 2. The Hall–Kier alpha value is -2.47. The van der Waals surface area contributed by atoms with Gasteiger partial charge in [0.1, 0.15) is 0 Å². The second kappa shape index (κ2) is 5.26. The molecule has 0 aliphatic rings. The largest absolute Gasteiger partial charge is 0.357 e. The average molecular weight is 285 g/mol. The monoisotopic (exact) mass is 285 g/mol. The Bertz CT molecular complexity index is 737. The van der Waals surface area contributed by atoms with Crippen molar-refractivity contribution in [1.82, 2.24) is 4.98 Å². The molecule has 0 aliphatic heterocycles. The van der Waals surface area contributed by atoms with Crippen LogP contribution in [0.25, 0.3) is 10.2 Å². The Morgan fingerprint density at radius 3 is 2.85 bits per heavy atom. The van der Waals surface area contributed by atoms with Crippen LogP contribution in [0.5, 0.6) is 0 Å². The Morgan fingerprint density at radius 1 is 1.20 bits per heavy atom. The summed E-state index contributed by atoms with van der Waals surface area (Å²) in [7, 11) is 0. The fourth-order valence-corrected chi connectivity index (χ4v) is 2.77. The predicted molar refractivity (Wildman–Crippen MR) is 80.0 cm³/mol. The maximum absolute atomic E-state index is 10.7. The first-order valence-electron chi connectivity index (χ1n) is 6.05. The second-order valence-electron chi connectivity index (χ2n) is 4.27. The minimum atomic E-state index is -0.388. The molecule has 0 amide bonds. The summed E-state index contributed by atoms with van der Waals surface area (Å²) < 4.78 is 1.12. The van der Waals surface area contributed by atoms with E-state index in [2.05, 4.69) is 10.3 Å². The summed E-state index contributed by atoms with van der Waals surface area (Å²) in [5.74, 6) is 0. The third-order valence-electron chi connectivity index (χ3n) is 2.86. The van der Waals surface area contributed by atoms with Gasteiger partial charge in [-0.25, -0.2) is 4.98 Å². The SMILES string of the molecule is O=[N+]([O-])c1cccc(CNc2nc3ccccc3s2)c1. The Kier molecular flexibility index (Phi) is 3.30. The molecule has 0 fully saturated rings. The Labute approximate surface area is 119 Å². The molecule has 0 saturated carbocycles. The van der Waals surface area contributed by atoms with Gasteiger partial charge >= 0.3 is 0 Å². The van der Waals surface area contributed by atoms with Crippen molar-refractivity contribution in [1.29, 1.82) is 0 Å². The molecule has 1 N–H and O–H groups in total. The molecule has 0 saturated heterocycles. The zero-order valence-corrected chi connectivity index (χ0v) is 11.3. The summed E-state index contributed by atoms with van der Waals surface area (Å²) in [6.07, 6.45) is 0. The number of nitro groups is 1. The number of nitro benzene ring substituents is 1. The molecular formula is C14H11N3O2S. The van der Waals surface area contributed by atoms with Crippen LogP contribution in [0, 0.1) is 10.1 Å². The van der Waals surface area contributed by atoms with Crippen molar-refractivity contribution in [3.05, 3.63) is 64.2 Å². The fourth-order valence-electron chi connectivity index (χ4n) is 1.91. The number of hydrogen-bond donors (Lipinski definition) is 1. The Morgan fingerprint density at radius 2 is 2.05 bits per heavy atom. The normalized spacial score (nSPS) is 10.6. The van der Waals surface area contributed by atoms with Crippen LogP contribution < -0.4 is 5.32 Å². The highest BCUT2D eigenvalue weighted by atomic mass is 32.1. The van der Waals surface area contributed by atoms with Crippen LogP contribution in [0.2, 0.25) is 0 Å². The van der Waals surface area contributed by atoms with E-state index in [4.69, 9.17) is 0 Å². The second-order valence-corrected chi connectivity index (χ2v) is 5.30. The molecule has 0 bridgehead atoms. The number of nitrogens with one attached hydrogen (secondary N) is 1. The van der Waals surface area contributed by atoms with Crippen LogP contribution in [0.15, 0.2) is 48.5 Å². The number of rotatable bonds is 4. The number of hydrogen-bond acceptors (Lipinski definition) is 5. The summed E-state index contributed by atoms with van der Waals surface area (Å²) >= 11 is 1.57. The smallest absolute Gasteiger partial charge is 0.269 e. The van der Waals surface area contributed by atoms with Gasteiger partial charge in [0.15, 0.2) is 5.13 Å². The summed E-state index contributed by atoms with van der Waals surface area (Å²) in [5, 5.41) is 14.7. The van der Waals surface area contributed by atoms with Gasteiger partial charge in [-0.3, -0.25) is 10.1 Å². The van der Waals surface area contributed by atoms with Gasteiger partial charge in [0, 0.05) is 18.7 Å². The van der Waals surface area contributed by atoms with Crippen molar-refractivity contribution < 1.29 is 4.92 Å². The van der Waals surface area contributed by atoms with E-state index in [-0.39, 0.29) is 10.6 Å². The fraction of sp³-hybridized carbons (Fsp3) is 0.0714. The molecule has 3 aromatic rings. The van der Waals surface area contributed by atoms with E-state index in [0.29, 0.717) is 6.54 Å². The van der Waals surface area contributed by atoms with Crippen LogP contribution in [-0.4, -0.2) is 9.91 Å². The van der Waals surface area contributed by atoms with E-state index in [1.165, 1.54) is 6.07 Å². The first kappa shape index (κ1) is 12.6. The number of non-ortho nitro benzene ring substituents is 1. The summed E-state index contributed by atoms with van der Waals surface area (Å²) in [6.45, 7) is 0.515. The number of para-hydroxylation sites is 1. The lowest BCUT2D eigenvalue weighted by atomic mass is 10.2.